The molecule has 0 aromatic rings. The van der Waals surface area contributed by atoms with Crippen LogP contribution in [-0.2, 0) is 15.8 Å². The van der Waals surface area contributed by atoms with Crippen LogP contribution in [0.4, 0.5) is 0 Å². The normalized spacial score (nSPS) is 27.4. The van der Waals surface area contributed by atoms with Crippen molar-refractivity contribution in [1.29, 1.82) is 0 Å². The topological polar surface area (TPSA) is 46.5 Å². The molecule has 0 fully saturated rings. The first-order valence-corrected chi connectivity index (χ1v) is 3.56. The molecule has 0 saturated carbocycles. The summed E-state index contributed by atoms with van der Waals surface area (Å²) in [6, 6.07) is 0. The number of hydrogen-bond donors (Lipinski definition) is 1. The van der Waals surface area contributed by atoms with Gasteiger partial charge >= 0.3 is 0 Å². The van der Waals surface area contributed by atoms with E-state index in [4.69, 9.17) is 9.29 Å². The van der Waals surface area contributed by atoms with Crippen molar-refractivity contribution in [2.75, 3.05) is 0 Å². The summed E-state index contributed by atoms with van der Waals surface area (Å²) >= 11 is -1.91. The maximum absolute atomic E-state index is 10.3. The molecule has 0 radical (unpaired) electrons. The second kappa shape index (κ2) is 2.80. The van der Waals surface area contributed by atoms with E-state index in [2.05, 4.69) is 0 Å². The average molecular weight is 146 g/mol. The van der Waals surface area contributed by atoms with Crippen molar-refractivity contribution in [3.8, 4) is 0 Å². The Labute approximate surface area is 55.3 Å². The summed E-state index contributed by atoms with van der Waals surface area (Å²) in [7, 11) is 0. The zero-order valence-electron chi connectivity index (χ0n) is 4.56. The molecule has 1 rings (SSSR count). The summed E-state index contributed by atoms with van der Waals surface area (Å²) in [6.45, 7) is 0. The molecule has 2 unspecified atom stereocenters. The van der Waals surface area contributed by atoms with Crippen LogP contribution in [0.2, 0.25) is 0 Å². The van der Waals surface area contributed by atoms with Crippen LogP contribution in [0.3, 0.4) is 0 Å². The van der Waals surface area contributed by atoms with Gasteiger partial charge in [-0.15, -0.1) is 0 Å². The molecule has 0 aromatic heterocycles. The van der Waals surface area contributed by atoms with E-state index in [0.717, 1.165) is 0 Å². The Morgan fingerprint density at radius 3 is 2.67 bits per heavy atom. The Morgan fingerprint density at radius 2 is 2.33 bits per heavy atom. The van der Waals surface area contributed by atoms with Crippen LogP contribution in [0, 0.1) is 0 Å². The Bertz CT molecular complexity index is 173. The molecule has 0 saturated heterocycles. The van der Waals surface area contributed by atoms with E-state index < -0.39 is 16.5 Å². The van der Waals surface area contributed by atoms with Gasteiger partial charge in [-0.05, 0) is 12.2 Å². The molecule has 9 heavy (non-hydrogen) atoms. The molecule has 1 heterocycles. The summed E-state index contributed by atoms with van der Waals surface area (Å²) < 4.78 is 23.4. The summed E-state index contributed by atoms with van der Waals surface area (Å²) in [5, 5.41) is 0. The molecule has 1 aliphatic heterocycles. The van der Waals surface area contributed by atoms with Crippen molar-refractivity contribution >= 4 is 11.1 Å². The van der Waals surface area contributed by atoms with Crippen molar-refractivity contribution in [3.63, 3.8) is 0 Å². The highest BCUT2D eigenvalue weighted by molar-refractivity contribution is 7.79. The molecule has 0 amide bonds. The Morgan fingerprint density at radius 1 is 1.56 bits per heavy atom. The maximum Gasteiger partial charge on any atom is 0.216 e. The summed E-state index contributed by atoms with van der Waals surface area (Å²) in [5.74, 6) is 0. The van der Waals surface area contributed by atoms with Gasteiger partial charge in [0.05, 0.1) is 6.26 Å². The predicted molar refractivity (Wildman–Crippen MR) is 33.9 cm³/mol. The largest absolute Gasteiger partial charge is 0.478 e. The van der Waals surface area contributed by atoms with Gasteiger partial charge in [-0.1, -0.05) is 6.08 Å². The number of ether oxygens (including phenoxy) is 1. The molecule has 0 aromatic carbocycles. The zero-order chi connectivity index (χ0) is 6.69. The molecule has 3 nitrogen and oxygen atoms in total. The summed E-state index contributed by atoms with van der Waals surface area (Å²) in [4.78, 5) is 0. The Balaban J connectivity index is 2.56. The van der Waals surface area contributed by atoms with Gasteiger partial charge in [-0.3, -0.25) is 0 Å². The molecule has 1 aliphatic rings. The van der Waals surface area contributed by atoms with E-state index in [1.165, 1.54) is 12.3 Å². The van der Waals surface area contributed by atoms with Crippen molar-refractivity contribution in [2.45, 2.75) is 5.44 Å². The van der Waals surface area contributed by atoms with Crippen molar-refractivity contribution in [3.05, 3.63) is 24.5 Å². The van der Waals surface area contributed by atoms with Crippen LogP contribution in [-0.4, -0.2) is 14.2 Å². The molecular weight excluding hydrogens is 140 g/mol. The quantitative estimate of drug-likeness (QED) is 0.552. The van der Waals surface area contributed by atoms with Gasteiger partial charge in [0.25, 0.3) is 0 Å². The molecule has 1 N–H and O–H groups in total. The number of hydrogen-bond acceptors (Lipinski definition) is 2. The summed E-state index contributed by atoms with van der Waals surface area (Å²) in [6.07, 6.45) is 6.24. The third kappa shape index (κ3) is 1.65. The minimum absolute atomic E-state index is 0.685. The summed E-state index contributed by atoms with van der Waals surface area (Å²) in [5.41, 5.74) is -0.685. The van der Waals surface area contributed by atoms with E-state index in [1.54, 1.807) is 12.2 Å². The van der Waals surface area contributed by atoms with Gasteiger partial charge in [0, 0.05) is 0 Å². The van der Waals surface area contributed by atoms with Gasteiger partial charge in [0.2, 0.25) is 5.44 Å². The fraction of sp³-hybridized carbons (Fsp3) is 0.200. The van der Waals surface area contributed by atoms with Gasteiger partial charge in [-0.2, -0.15) is 0 Å². The smallest absolute Gasteiger partial charge is 0.216 e. The van der Waals surface area contributed by atoms with Gasteiger partial charge in [0.1, 0.15) is 0 Å². The lowest BCUT2D eigenvalue weighted by atomic mass is 10.4. The van der Waals surface area contributed by atoms with Crippen molar-refractivity contribution in [1.82, 2.24) is 0 Å². The lowest BCUT2D eigenvalue weighted by Crippen LogP contribution is -2.13. The van der Waals surface area contributed by atoms with Gasteiger partial charge in [0.15, 0.2) is 11.1 Å². The van der Waals surface area contributed by atoms with Crippen molar-refractivity contribution in [2.24, 2.45) is 0 Å². The van der Waals surface area contributed by atoms with Crippen molar-refractivity contribution < 1.29 is 13.5 Å². The number of rotatable bonds is 1. The van der Waals surface area contributed by atoms with Crippen LogP contribution in [0.25, 0.3) is 0 Å². The molecule has 0 spiro atoms. The standard InChI is InChI=1S/C5H6O3S/c6-9(7)5-3-1-2-4-8-5/h1-5H,(H,6,7). The number of allylic oxidation sites excluding steroid dienone is 2. The SMILES string of the molecule is O=S(O)C1C=CC=CO1. The van der Waals surface area contributed by atoms with Crippen LogP contribution >= 0.6 is 0 Å². The van der Waals surface area contributed by atoms with E-state index >= 15 is 0 Å². The lowest BCUT2D eigenvalue weighted by molar-refractivity contribution is 0.243. The van der Waals surface area contributed by atoms with E-state index in [-0.39, 0.29) is 0 Å². The Hall–Kier alpha value is -0.610. The highest BCUT2D eigenvalue weighted by Gasteiger charge is 2.10. The fourth-order valence-corrected chi connectivity index (χ4v) is 0.867. The monoisotopic (exact) mass is 146 g/mol. The van der Waals surface area contributed by atoms with Crippen LogP contribution in [0.15, 0.2) is 24.5 Å². The average Bonchev–Trinajstić information content (AvgIpc) is 1.90. The molecule has 0 bridgehead atoms. The fourth-order valence-electron chi connectivity index (χ4n) is 0.483. The van der Waals surface area contributed by atoms with E-state index in [1.807, 2.05) is 0 Å². The molecule has 4 heteroatoms. The third-order valence-electron chi connectivity index (χ3n) is 0.869. The molecule has 0 aliphatic carbocycles. The Kier molecular flexibility index (Phi) is 2.02. The van der Waals surface area contributed by atoms with Crippen LogP contribution in [0.1, 0.15) is 0 Å². The molecule has 50 valence electrons. The third-order valence-corrected chi connectivity index (χ3v) is 1.54. The minimum Gasteiger partial charge on any atom is -0.478 e. The molecular formula is C5H6O3S. The van der Waals surface area contributed by atoms with E-state index in [0.29, 0.717) is 0 Å². The first-order chi connectivity index (χ1) is 4.30. The lowest BCUT2D eigenvalue weighted by Gasteiger charge is -2.09. The second-order valence-electron chi connectivity index (χ2n) is 1.49. The van der Waals surface area contributed by atoms with Crippen LogP contribution in [0.5, 0.6) is 0 Å². The maximum atomic E-state index is 10.3. The van der Waals surface area contributed by atoms with Gasteiger partial charge in [-0.25, -0.2) is 4.21 Å². The first-order valence-electron chi connectivity index (χ1n) is 2.39. The highest BCUT2D eigenvalue weighted by atomic mass is 32.2. The van der Waals surface area contributed by atoms with Crippen LogP contribution < -0.4 is 0 Å². The van der Waals surface area contributed by atoms with E-state index in [9.17, 15) is 4.21 Å². The predicted octanol–water partition coefficient (Wildman–Crippen LogP) is 0.634. The minimum atomic E-state index is -1.91. The second-order valence-corrected chi connectivity index (χ2v) is 2.51. The first kappa shape index (κ1) is 6.51. The highest BCUT2D eigenvalue weighted by Crippen LogP contribution is 2.03. The zero-order valence-corrected chi connectivity index (χ0v) is 5.38. The van der Waals surface area contributed by atoms with Gasteiger partial charge < -0.3 is 9.29 Å². The molecule has 2 atom stereocenters.